The first-order valence-electron chi connectivity index (χ1n) is 5.83. The van der Waals surface area contributed by atoms with Gasteiger partial charge in [-0.2, -0.15) is 0 Å². The number of nitrogens with zero attached hydrogens (tertiary/aromatic N) is 2. The smallest absolute Gasteiger partial charge is 0.138 e. The van der Waals surface area contributed by atoms with E-state index in [1.165, 1.54) is 12.1 Å². The van der Waals surface area contributed by atoms with E-state index < -0.39 is 0 Å². The van der Waals surface area contributed by atoms with Gasteiger partial charge in [-0.05, 0) is 24.3 Å². The van der Waals surface area contributed by atoms with Crippen LogP contribution in [0.3, 0.4) is 0 Å². The number of rotatable bonds is 3. The van der Waals surface area contributed by atoms with Gasteiger partial charge < -0.3 is 10.5 Å². The van der Waals surface area contributed by atoms with Crippen LogP contribution in [0.25, 0.3) is 5.65 Å². The molecule has 0 fully saturated rings. The van der Waals surface area contributed by atoms with Gasteiger partial charge in [-0.1, -0.05) is 12.1 Å². The highest BCUT2D eigenvalue weighted by atomic mass is 19.1. The topological polar surface area (TPSA) is 52.5 Å². The molecular formula is C14H12FN3O. The predicted molar refractivity (Wildman–Crippen MR) is 70.3 cm³/mol. The van der Waals surface area contributed by atoms with Crippen LogP contribution in [0, 0.1) is 5.82 Å². The molecule has 3 aromatic rings. The maximum Gasteiger partial charge on any atom is 0.138 e. The van der Waals surface area contributed by atoms with Crippen molar-refractivity contribution in [2.24, 2.45) is 0 Å². The van der Waals surface area contributed by atoms with E-state index >= 15 is 0 Å². The van der Waals surface area contributed by atoms with Crippen LogP contribution in [0.2, 0.25) is 0 Å². The monoisotopic (exact) mass is 257 g/mol. The molecule has 2 N–H and O–H groups in total. The minimum Gasteiger partial charge on any atom is -0.487 e. The number of nitrogen functional groups attached to an aromatic ring is 1. The fourth-order valence-electron chi connectivity index (χ4n) is 1.94. The molecule has 5 heteroatoms. The number of hydrogen-bond acceptors (Lipinski definition) is 3. The van der Waals surface area contributed by atoms with Gasteiger partial charge in [-0.15, -0.1) is 0 Å². The molecule has 96 valence electrons. The normalized spacial score (nSPS) is 10.8. The number of imidazole rings is 1. The van der Waals surface area contributed by atoms with Gasteiger partial charge in [0.15, 0.2) is 0 Å². The first-order chi connectivity index (χ1) is 9.24. The van der Waals surface area contributed by atoms with Gasteiger partial charge in [0.05, 0.1) is 11.9 Å². The first-order valence-corrected chi connectivity index (χ1v) is 5.83. The summed E-state index contributed by atoms with van der Waals surface area (Å²) in [5.74, 6) is 0.743. The number of aromatic nitrogens is 2. The van der Waals surface area contributed by atoms with Crippen molar-refractivity contribution in [3.8, 4) is 5.75 Å². The predicted octanol–water partition coefficient (Wildman–Crippen LogP) is 2.63. The Balaban J connectivity index is 1.86. The summed E-state index contributed by atoms with van der Waals surface area (Å²) >= 11 is 0. The lowest BCUT2D eigenvalue weighted by Crippen LogP contribution is -2.03. The van der Waals surface area contributed by atoms with Crippen LogP contribution in [-0.2, 0) is 6.61 Å². The van der Waals surface area contributed by atoms with Crippen molar-refractivity contribution in [2.75, 3.05) is 5.73 Å². The van der Waals surface area contributed by atoms with E-state index in [0.29, 0.717) is 11.6 Å². The molecule has 0 radical (unpaired) electrons. The average molecular weight is 257 g/mol. The van der Waals surface area contributed by atoms with Crippen LogP contribution in [0.4, 0.5) is 10.2 Å². The van der Waals surface area contributed by atoms with Crippen molar-refractivity contribution in [1.82, 2.24) is 9.38 Å². The van der Waals surface area contributed by atoms with E-state index in [4.69, 9.17) is 10.5 Å². The van der Waals surface area contributed by atoms with Crippen molar-refractivity contribution in [3.63, 3.8) is 0 Å². The molecule has 0 aliphatic carbocycles. The standard InChI is InChI=1S/C14H12FN3O/c15-10-3-1-4-12(7-10)19-9-11-8-17-14-6-2-5-13(16)18(11)14/h1-8H,9,16H2. The molecule has 0 unspecified atom stereocenters. The number of ether oxygens (including phenoxy) is 1. The third-order valence-corrected chi connectivity index (χ3v) is 2.82. The zero-order valence-corrected chi connectivity index (χ0v) is 10.1. The van der Waals surface area contributed by atoms with Crippen molar-refractivity contribution < 1.29 is 9.13 Å². The molecule has 19 heavy (non-hydrogen) atoms. The highest BCUT2D eigenvalue weighted by molar-refractivity contribution is 5.49. The van der Waals surface area contributed by atoms with Crippen LogP contribution in [-0.4, -0.2) is 9.38 Å². The fraction of sp³-hybridized carbons (Fsp3) is 0.0714. The summed E-state index contributed by atoms with van der Waals surface area (Å²) in [4.78, 5) is 4.24. The van der Waals surface area contributed by atoms with Gasteiger partial charge in [-0.25, -0.2) is 9.37 Å². The van der Waals surface area contributed by atoms with Crippen LogP contribution in [0.1, 0.15) is 5.69 Å². The Morgan fingerprint density at radius 2 is 2.05 bits per heavy atom. The lowest BCUT2D eigenvalue weighted by molar-refractivity contribution is 0.299. The number of pyridine rings is 1. The van der Waals surface area contributed by atoms with E-state index in [1.807, 2.05) is 12.1 Å². The minimum atomic E-state index is -0.324. The number of hydrogen-bond donors (Lipinski definition) is 1. The first kappa shape index (κ1) is 11.5. The summed E-state index contributed by atoms with van der Waals surface area (Å²) in [5, 5.41) is 0. The van der Waals surface area contributed by atoms with Gasteiger partial charge >= 0.3 is 0 Å². The van der Waals surface area contributed by atoms with Gasteiger partial charge in [0.1, 0.15) is 29.6 Å². The summed E-state index contributed by atoms with van der Waals surface area (Å²) in [5.41, 5.74) is 7.48. The number of halogens is 1. The molecule has 0 aliphatic heterocycles. The molecule has 2 aromatic heterocycles. The van der Waals surface area contributed by atoms with Crippen LogP contribution >= 0.6 is 0 Å². The van der Waals surface area contributed by atoms with Crippen molar-refractivity contribution in [1.29, 1.82) is 0 Å². The van der Waals surface area contributed by atoms with E-state index in [2.05, 4.69) is 4.98 Å². The lowest BCUT2D eigenvalue weighted by Gasteiger charge is -2.07. The Kier molecular flexibility index (Phi) is 2.79. The Hall–Kier alpha value is -2.56. The second kappa shape index (κ2) is 4.61. The van der Waals surface area contributed by atoms with E-state index in [-0.39, 0.29) is 12.4 Å². The van der Waals surface area contributed by atoms with Gasteiger partial charge in [0.2, 0.25) is 0 Å². The van der Waals surface area contributed by atoms with Crippen LogP contribution in [0.5, 0.6) is 5.75 Å². The Labute approximate surface area is 109 Å². The molecule has 1 aromatic carbocycles. The molecule has 0 aliphatic rings. The molecule has 3 rings (SSSR count). The Bertz CT molecular complexity index is 724. The SMILES string of the molecule is Nc1cccc2ncc(COc3cccc(F)c3)n12. The maximum absolute atomic E-state index is 13.0. The van der Waals surface area contributed by atoms with Crippen molar-refractivity contribution >= 4 is 11.5 Å². The quantitative estimate of drug-likeness (QED) is 0.784. The molecule has 0 saturated carbocycles. The molecule has 0 amide bonds. The van der Waals surface area contributed by atoms with E-state index in [1.54, 1.807) is 28.8 Å². The Morgan fingerprint density at radius 3 is 2.89 bits per heavy atom. The third-order valence-electron chi connectivity index (χ3n) is 2.82. The zero-order valence-electron chi connectivity index (χ0n) is 10.1. The maximum atomic E-state index is 13.0. The van der Waals surface area contributed by atoms with Crippen LogP contribution < -0.4 is 10.5 Å². The van der Waals surface area contributed by atoms with Crippen molar-refractivity contribution in [2.45, 2.75) is 6.61 Å². The third kappa shape index (κ3) is 2.22. The van der Waals surface area contributed by atoms with E-state index in [9.17, 15) is 4.39 Å². The molecule has 0 saturated heterocycles. The second-order valence-corrected chi connectivity index (χ2v) is 4.14. The average Bonchev–Trinajstić information content (AvgIpc) is 2.81. The molecular weight excluding hydrogens is 245 g/mol. The highest BCUT2D eigenvalue weighted by Crippen LogP contribution is 2.16. The number of fused-ring (bicyclic) bond motifs is 1. The van der Waals surface area contributed by atoms with Crippen LogP contribution in [0.15, 0.2) is 48.7 Å². The molecule has 0 bridgehead atoms. The molecule has 0 spiro atoms. The van der Waals surface area contributed by atoms with Gasteiger partial charge in [0.25, 0.3) is 0 Å². The fourth-order valence-corrected chi connectivity index (χ4v) is 1.94. The summed E-state index contributed by atoms with van der Waals surface area (Å²) < 4.78 is 20.4. The summed E-state index contributed by atoms with van der Waals surface area (Å²) in [6, 6.07) is 11.5. The van der Waals surface area contributed by atoms with Gasteiger partial charge in [0, 0.05) is 6.07 Å². The molecule has 2 heterocycles. The van der Waals surface area contributed by atoms with Crippen molar-refractivity contribution in [3.05, 3.63) is 60.2 Å². The van der Waals surface area contributed by atoms with Gasteiger partial charge in [-0.3, -0.25) is 4.40 Å². The highest BCUT2D eigenvalue weighted by Gasteiger charge is 2.06. The summed E-state index contributed by atoms with van der Waals surface area (Å²) in [7, 11) is 0. The zero-order chi connectivity index (χ0) is 13.2. The minimum absolute atomic E-state index is 0.277. The second-order valence-electron chi connectivity index (χ2n) is 4.14. The summed E-state index contributed by atoms with van der Waals surface area (Å²) in [6.45, 7) is 0.277. The molecule has 0 atom stereocenters. The lowest BCUT2D eigenvalue weighted by atomic mass is 10.3. The largest absolute Gasteiger partial charge is 0.487 e. The van der Waals surface area contributed by atoms with E-state index in [0.717, 1.165) is 11.3 Å². The summed E-state index contributed by atoms with van der Waals surface area (Å²) in [6.07, 6.45) is 1.70. The number of nitrogens with two attached hydrogens (primary N) is 1. The Morgan fingerprint density at radius 1 is 1.21 bits per heavy atom. The number of benzene rings is 1. The molecule has 4 nitrogen and oxygen atoms in total. The number of anilines is 1.